The summed E-state index contributed by atoms with van der Waals surface area (Å²) in [5.74, 6) is 1.36. The van der Waals surface area contributed by atoms with E-state index in [4.69, 9.17) is 11.6 Å². The van der Waals surface area contributed by atoms with E-state index in [0.29, 0.717) is 22.9 Å². The van der Waals surface area contributed by atoms with Crippen molar-refractivity contribution in [2.24, 2.45) is 0 Å². The van der Waals surface area contributed by atoms with Gasteiger partial charge in [0.2, 0.25) is 0 Å². The summed E-state index contributed by atoms with van der Waals surface area (Å²) in [6.45, 7) is 2.14. The molecule has 0 aromatic carbocycles. The van der Waals surface area contributed by atoms with Crippen LogP contribution in [0.2, 0.25) is 5.02 Å². The number of hydrogen-bond donors (Lipinski definition) is 1. The van der Waals surface area contributed by atoms with Crippen LogP contribution in [-0.2, 0) is 6.54 Å². The van der Waals surface area contributed by atoms with E-state index in [-0.39, 0.29) is 5.91 Å². The Labute approximate surface area is 168 Å². The number of piperidine rings is 1. The van der Waals surface area contributed by atoms with Gasteiger partial charge in [0, 0.05) is 44.4 Å². The van der Waals surface area contributed by atoms with Gasteiger partial charge < -0.3 is 10.2 Å². The van der Waals surface area contributed by atoms with Crippen molar-refractivity contribution in [2.45, 2.75) is 25.8 Å². The Bertz CT molecular complexity index is 936. The number of aromatic nitrogens is 4. The van der Waals surface area contributed by atoms with Crippen molar-refractivity contribution in [1.29, 1.82) is 0 Å². The van der Waals surface area contributed by atoms with Gasteiger partial charge in [0.1, 0.15) is 18.0 Å². The molecule has 1 amide bonds. The van der Waals surface area contributed by atoms with Crippen LogP contribution in [0.4, 0.5) is 5.82 Å². The smallest absolute Gasteiger partial charge is 0.255 e. The van der Waals surface area contributed by atoms with Crippen LogP contribution in [0, 0.1) is 0 Å². The molecule has 1 saturated heterocycles. The summed E-state index contributed by atoms with van der Waals surface area (Å²) < 4.78 is 1.84. The Morgan fingerprint density at radius 3 is 2.68 bits per heavy atom. The average Bonchev–Trinajstić information content (AvgIpc) is 3.28. The summed E-state index contributed by atoms with van der Waals surface area (Å²) in [5.41, 5.74) is 1.53. The number of likely N-dealkylation sites (tertiary alicyclic amines) is 1. The zero-order valence-corrected chi connectivity index (χ0v) is 16.1. The number of hydrogen-bond acceptors (Lipinski definition) is 5. The predicted octanol–water partition coefficient (Wildman–Crippen LogP) is 3.55. The molecule has 0 atom stereocenters. The van der Waals surface area contributed by atoms with Crippen LogP contribution in [0.15, 0.2) is 49.3 Å². The molecule has 7 nitrogen and oxygen atoms in total. The number of halogens is 1. The molecule has 0 spiro atoms. The standard InChI is InChI=1S/C20H21ClN6O/c21-17-10-16(20(28)26-7-2-1-3-8-26)13-25-19(17)24-12-15-4-5-18(23-11-15)27-9-6-22-14-27/h4-6,9-11,13-14H,1-3,7-8,12H2,(H,24,25). The van der Waals surface area contributed by atoms with E-state index in [1.54, 1.807) is 31.0 Å². The molecule has 0 radical (unpaired) electrons. The second-order valence-corrected chi connectivity index (χ2v) is 7.16. The molecule has 1 aliphatic rings. The third-order valence-electron chi connectivity index (χ3n) is 4.77. The van der Waals surface area contributed by atoms with Crippen LogP contribution < -0.4 is 5.32 Å². The van der Waals surface area contributed by atoms with Crippen LogP contribution >= 0.6 is 11.6 Å². The maximum Gasteiger partial charge on any atom is 0.255 e. The van der Waals surface area contributed by atoms with Crippen LogP contribution in [0.25, 0.3) is 5.82 Å². The summed E-state index contributed by atoms with van der Waals surface area (Å²) >= 11 is 6.35. The molecule has 1 aliphatic heterocycles. The zero-order valence-electron chi connectivity index (χ0n) is 15.4. The van der Waals surface area contributed by atoms with E-state index in [2.05, 4.69) is 20.3 Å². The number of carbonyl (C=O) groups excluding carboxylic acids is 1. The monoisotopic (exact) mass is 396 g/mol. The third-order valence-corrected chi connectivity index (χ3v) is 5.06. The third kappa shape index (κ3) is 4.14. The van der Waals surface area contributed by atoms with Gasteiger partial charge in [0.05, 0.1) is 10.6 Å². The van der Waals surface area contributed by atoms with Crippen molar-refractivity contribution in [3.05, 3.63) is 65.5 Å². The van der Waals surface area contributed by atoms with Crippen molar-refractivity contribution in [2.75, 3.05) is 18.4 Å². The number of anilines is 1. The van der Waals surface area contributed by atoms with Gasteiger partial charge in [-0.25, -0.2) is 15.0 Å². The van der Waals surface area contributed by atoms with Crippen LogP contribution in [-0.4, -0.2) is 43.4 Å². The lowest BCUT2D eigenvalue weighted by molar-refractivity contribution is 0.0724. The minimum atomic E-state index is -0.0000550. The van der Waals surface area contributed by atoms with E-state index in [1.165, 1.54) is 6.42 Å². The minimum Gasteiger partial charge on any atom is -0.365 e. The first kappa shape index (κ1) is 18.4. The number of carbonyl (C=O) groups is 1. The maximum absolute atomic E-state index is 12.6. The number of pyridine rings is 2. The highest BCUT2D eigenvalue weighted by atomic mass is 35.5. The second-order valence-electron chi connectivity index (χ2n) is 6.76. The van der Waals surface area contributed by atoms with Crippen molar-refractivity contribution in [1.82, 2.24) is 24.4 Å². The lowest BCUT2D eigenvalue weighted by Gasteiger charge is -2.26. The normalized spacial score (nSPS) is 14.1. The fraction of sp³-hybridized carbons (Fsp3) is 0.300. The first-order chi connectivity index (χ1) is 13.7. The van der Waals surface area contributed by atoms with Crippen molar-refractivity contribution >= 4 is 23.3 Å². The van der Waals surface area contributed by atoms with E-state index in [0.717, 1.165) is 37.3 Å². The number of imidazole rings is 1. The molecule has 1 fully saturated rings. The van der Waals surface area contributed by atoms with Crippen LogP contribution in [0.3, 0.4) is 0 Å². The molecular formula is C20H21ClN6O. The van der Waals surface area contributed by atoms with Crippen molar-refractivity contribution < 1.29 is 4.79 Å². The largest absolute Gasteiger partial charge is 0.365 e. The predicted molar refractivity (Wildman–Crippen MR) is 108 cm³/mol. The molecule has 3 aromatic heterocycles. The van der Waals surface area contributed by atoms with Gasteiger partial charge in [-0.3, -0.25) is 9.36 Å². The summed E-state index contributed by atoms with van der Waals surface area (Å²) in [4.78, 5) is 27.2. The Morgan fingerprint density at radius 2 is 2.00 bits per heavy atom. The summed E-state index contributed by atoms with van der Waals surface area (Å²) in [6, 6.07) is 5.60. The Morgan fingerprint density at radius 1 is 1.14 bits per heavy atom. The molecule has 0 aliphatic carbocycles. The molecule has 3 aromatic rings. The minimum absolute atomic E-state index is 0.0000550. The zero-order chi connectivity index (χ0) is 19.3. The van der Waals surface area contributed by atoms with Gasteiger partial charge in [-0.2, -0.15) is 0 Å². The van der Waals surface area contributed by atoms with Gasteiger partial charge in [-0.1, -0.05) is 17.7 Å². The molecule has 4 rings (SSSR count). The highest BCUT2D eigenvalue weighted by molar-refractivity contribution is 6.33. The lowest BCUT2D eigenvalue weighted by atomic mass is 10.1. The van der Waals surface area contributed by atoms with Crippen molar-refractivity contribution in [3.8, 4) is 5.82 Å². The number of rotatable bonds is 5. The van der Waals surface area contributed by atoms with Gasteiger partial charge >= 0.3 is 0 Å². The quantitative estimate of drug-likeness (QED) is 0.713. The Hall–Kier alpha value is -2.93. The highest BCUT2D eigenvalue weighted by Crippen LogP contribution is 2.22. The lowest BCUT2D eigenvalue weighted by Crippen LogP contribution is -2.35. The average molecular weight is 397 g/mol. The van der Waals surface area contributed by atoms with E-state index in [1.807, 2.05) is 27.8 Å². The molecule has 28 heavy (non-hydrogen) atoms. The van der Waals surface area contributed by atoms with Gasteiger partial charge in [-0.05, 0) is 37.0 Å². The molecule has 0 bridgehead atoms. The molecule has 144 valence electrons. The van der Waals surface area contributed by atoms with Crippen LogP contribution in [0.1, 0.15) is 35.2 Å². The van der Waals surface area contributed by atoms with Gasteiger partial charge in [0.15, 0.2) is 0 Å². The Kier molecular flexibility index (Phi) is 5.53. The molecule has 1 N–H and O–H groups in total. The van der Waals surface area contributed by atoms with E-state index < -0.39 is 0 Å². The van der Waals surface area contributed by atoms with E-state index in [9.17, 15) is 4.79 Å². The fourth-order valence-electron chi connectivity index (χ4n) is 3.22. The van der Waals surface area contributed by atoms with Gasteiger partial charge in [0.25, 0.3) is 5.91 Å². The topological polar surface area (TPSA) is 75.9 Å². The molecule has 0 saturated carbocycles. The fourth-order valence-corrected chi connectivity index (χ4v) is 3.45. The second kappa shape index (κ2) is 8.39. The summed E-state index contributed by atoms with van der Waals surface area (Å²) in [5, 5.41) is 3.64. The molecule has 8 heteroatoms. The molecule has 0 unspecified atom stereocenters. The van der Waals surface area contributed by atoms with Crippen LogP contribution in [0.5, 0.6) is 0 Å². The number of nitrogens with zero attached hydrogens (tertiary/aromatic N) is 5. The first-order valence-corrected chi connectivity index (χ1v) is 9.70. The first-order valence-electron chi connectivity index (χ1n) is 9.33. The summed E-state index contributed by atoms with van der Waals surface area (Å²) in [7, 11) is 0. The highest BCUT2D eigenvalue weighted by Gasteiger charge is 2.19. The Balaban J connectivity index is 1.39. The SMILES string of the molecule is O=C(c1cnc(NCc2ccc(-n3ccnc3)nc2)c(Cl)c1)N1CCCCC1. The van der Waals surface area contributed by atoms with Gasteiger partial charge in [-0.15, -0.1) is 0 Å². The maximum atomic E-state index is 12.6. The number of amides is 1. The number of nitrogens with one attached hydrogen (secondary N) is 1. The summed E-state index contributed by atoms with van der Waals surface area (Å²) in [6.07, 6.45) is 11.9. The van der Waals surface area contributed by atoms with Crippen molar-refractivity contribution in [3.63, 3.8) is 0 Å². The van der Waals surface area contributed by atoms with E-state index >= 15 is 0 Å². The molecular weight excluding hydrogens is 376 g/mol. The molecule has 4 heterocycles.